The zero-order chi connectivity index (χ0) is 16.8. The van der Waals surface area contributed by atoms with Crippen LogP contribution in [0.5, 0.6) is 0 Å². The minimum absolute atomic E-state index is 0.200. The Hall–Kier alpha value is -0.960. The second kappa shape index (κ2) is 8.77. The normalized spacial score (nSPS) is 19.3. The van der Waals surface area contributed by atoms with Crippen molar-refractivity contribution in [2.75, 3.05) is 12.3 Å². The van der Waals surface area contributed by atoms with Gasteiger partial charge in [-0.25, -0.2) is 0 Å². The molecule has 1 aromatic rings. The summed E-state index contributed by atoms with van der Waals surface area (Å²) in [7, 11) is 0. The maximum atomic E-state index is 13.0. The Kier molecular flexibility index (Phi) is 7.01. The standard InChI is InChI=1S/C20H31NOS/c1-5-7-8-16(6-2)19(22)21-13-14-23-20(21)18-11-9-17(10-12-18)15(3)4/h9-12,15-16,20H,5-8,13-14H2,1-4H3. The van der Waals surface area contributed by atoms with Crippen molar-refractivity contribution >= 4 is 17.7 Å². The van der Waals surface area contributed by atoms with Crippen LogP contribution in [0.1, 0.15) is 75.8 Å². The van der Waals surface area contributed by atoms with E-state index in [0.717, 1.165) is 31.6 Å². The van der Waals surface area contributed by atoms with Gasteiger partial charge in [-0.05, 0) is 29.9 Å². The van der Waals surface area contributed by atoms with Crippen LogP contribution in [-0.4, -0.2) is 23.1 Å². The zero-order valence-electron chi connectivity index (χ0n) is 15.0. The van der Waals surface area contributed by atoms with Crippen molar-refractivity contribution in [1.29, 1.82) is 0 Å². The summed E-state index contributed by atoms with van der Waals surface area (Å²) in [4.78, 5) is 15.1. The molecular weight excluding hydrogens is 302 g/mol. The van der Waals surface area contributed by atoms with Crippen molar-refractivity contribution < 1.29 is 4.79 Å². The van der Waals surface area contributed by atoms with Gasteiger partial charge in [0.15, 0.2) is 0 Å². The Labute approximate surface area is 146 Å². The lowest BCUT2D eigenvalue weighted by Gasteiger charge is -2.28. The van der Waals surface area contributed by atoms with E-state index < -0.39 is 0 Å². The van der Waals surface area contributed by atoms with E-state index in [-0.39, 0.29) is 11.3 Å². The van der Waals surface area contributed by atoms with Crippen LogP contribution in [-0.2, 0) is 4.79 Å². The maximum absolute atomic E-state index is 13.0. The van der Waals surface area contributed by atoms with Gasteiger partial charge >= 0.3 is 0 Å². The first-order valence-electron chi connectivity index (χ1n) is 9.10. The Morgan fingerprint density at radius 3 is 2.52 bits per heavy atom. The van der Waals surface area contributed by atoms with Crippen molar-refractivity contribution in [2.24, 2.45) is 5.92 Å². The van der Waals surface area contributed by atoms with E-state index in [1.165, 1.54) is 17.5 Å². The number of carbonyl (C=O) groups excluding carboxylic acids is 1. The lowest BCUT2D eigenvalue weighted by Crippen LogP contribution is -2.35. The molecule has 3 heteroatoms. The molecule has 2 nitrogen and oxygen atoms in total. The molecule has 0 aromatic heterocycles. The molecule has 2 unspecified atom stereocenters. The first kappa shape index (κ1) is 18.4. The number of rotatable bonds is 7. The number of amides is 1. The zero-order valence-corrected chi connectivity index (χ0v) is 15.9. The van der Waals surface area contributed by atoms with Gasteiger partial charge < -0.3 is 4.90 Å². The molecule has 1 amide bonds. The number of nitrogens with zero attached hydrogens (tertiary/aromatic N) is 1. The summed E-state index contributed by atoms with van der Waals surface area (Å²) in [6.45, 7) is 9.67. The van der Waals surface area contributed by atoms with Gasteiger partial charge in [0.05, 0.1) is 0 Å². The van der Waals surface area contributed by atoms with E-state index in [9.17, 15) is 4.79 Å². The smallest absolute Gasteiger partial charge is 0.226 e. The predicted octanol–water partition coefficient (Wildman–Crippen LogP) is 5.60. The van der Waals surface area contributed by atoms with Crippen LogP contribution in [0.3, 0.4) is 0 Å². The number of hydrogen-bond acceptors (Lipinski definition) is 2. The lowest BCUT2D eigenvalue weighted by molar-refractivity contribution is -0.136. The third-order valence-corrected chi connectivity index (χ3v) is 6.07. The van der Waals surface area contributed by atoms with Crippen molar-refractivity contribution in [1.82, 2.24) is 4.90 Å². The molecule has 1 fully saturated rings. The highest BCUT2D eigenvalue weighted by Crippen LogP contribution is 2.39. The number of carbonyl (C=O) groups is 1. The monoisotopic (exact) mass is 333 g/mol. The molecule has 0 spiro atoms. The summed E-state index contributed by atoms with van der Waals surface area (Å²) in [5.41, 5.74) is 2.64. The third-order valence-electron chi connectivity index (χ3n) is 4.81. The van der Waals surface area contributed by atoms with Gasteiger partial charge in [-0.15, -0.1) is 11.8 Å². The van der Waals surface area contributed by atoms with Crippen LogP contribution in [0, 0.1) is 5.92 Å². The number of thioether (sulfide) groups is 1. The fraction of sp³-hybridized carbons (Fsp3) is 0.650. The molecule has 1 saturated heterocycles. The largest absolute Gasteiger partial charge is 0.325 e. The van der Waals surface area contributed by atoms with Crippen LogP contribution in [0.25, 0.3) is 0 Å². The molecule has 0 aliphatic carbocycles. The molecule has 1 aliphatic heterocycles. The highest BCUT2D eigenvalue weighted by Gasteiger charge is 2.33. The van der Waals surface area contributed by atoms with Crippen molar-refractivity contribution in [3.63, 3.8) is 0 Å². The SMILES string of the molecule is CCCCC(CC)C(=O)N1CCSC1c1ccc(C(C)C)cc1. The molecule has 0 radical (unpaired) electrons. The Bertz CT molecular complexity index is 497. The van der Waals surface area contributed by atoms with Crippen molar-refractivity contribution in [2.45, 2.75) is 64.7 Å². The summed E-state index contributed by atoms with van der Waals surface area (Å²) in [6.07, 6.45) is 4.31. The molecule has 1 aromatic carbocycles. The predicted molar refractivity (Wildman–Crippen MR) is 101 cm³/mol. The Morgan fingerprint density at radius 1 is 1.26 bits per heavy atom. The van der Waals surface area contributed by atoms with E-state index >= 15 is 0 Å². The van der Waals surface area contributed by atoms with E-state index in [1.54, 1.807) is 0 Å². The summed E-state index contributed by atoms with van der Waals surface area (Å²) in [6, 6.07) is 8.86. The molecule has 0 saturated carbocycles. The van der Waals surface area contributed by atoms with Gasteiger partial charge in [0.25, 0.3) is 0 Å². The maximum Gasteiger partial charge on any atom is 0.226 e. The van der Waals surface area contributed by atoms with Crippen LogP contribution in [0.2, 0.25) is 0 Å². The highest BCUT2D eigenvalue weighted by molar-refractivity contribution is 7.99. The average molecular weight is 334 g/mol. The Balaban J connectivity index is 2.11. The van der Waals surface area contributed by atoms with Crippen LogP contribution in [0.15, 0.2) is 24.3 Å². The van der Waals surface area contributed by atoms with E-state index in [0.29, 0.717) is 11.8 Å². The van der Waals surface area contributed by atoms with E-state index in [1.807, 2.05) is 11.8 Å². The summed E-state index contributed by atoms with van der Waals surface area (Å²) in [5, 5.41) is 0.208. The minimum Gasteiger partial charge on any atom is -0.325 e. The quantitative estimate of drug-likeness (QED) is 0.647. The number of unbranched alkanes of at least 4 members (excludes halogenated alkanes) is 1. The average Bonchev–Trinajstić information content (AvgIpc) is 3.05. The van der Waals surface area contributed by atoms with Crippen LogP contribution >= 0.6 is 11.8 Å². The summed E-state index contributed by atoms with van der Waals surface area (Å²) < 4.78 is 0. The second-order valence-electron chi connectivity index (χ2n) is 6.82. The fourth-order valence-electron chi connectivity index (χ4n) is 3.20. The fourth-order valence-corrected chi connectivity index (χ4v) is 4.47. The van der Waals surface area contributed by atoms with Crippen molar-refractivity contribution in [3.05, 3.63) is 35.4 Å². The third kappa shape index (κ3) is 4.53. The van der Waals surface area contributed by atoms with Gasteiger partial charge in [-0.1, -0.05) is 64.8 Å². The molecule has 23 heavy (non-hydrogen) atoms. The van der Waals surface area contributed by atoms with E-state index in [4.69, 9.17) is 0 Å². The van der Waals surface area contributed by atoms with Gasteiger partial charge in [-0.2, -0.15) is 0 Å². The van der Waals surface area contributed by atoms with Crippen molar-refractivity contribution in [3.8, 4) is 0 Å². The Morgan fingerprint density at radius 2 is 1.96 bits per heavy atom. The molecule has 1 heterocycles. The second-order valence-corrected chi connectivity index (χ2v) is 8.01. The first-order valence-corrected chi connectivity index (χ1v) is 10.1. The molecule has 0 bridgehead atoms. The molecule has 1 aliphatic rings. The highest BCUT2D eigenvalue weighted by atomic mass is 32.2. The number of benzene rings is 1. The molecule has 128 valence electrons. The van der Waals surface area contributed by atoms with Gasteiger partial charge in [0.2, 0.25) is 5.91 Å². The first-order chi connectivity index (χ1) is 11.1. The molecule has 2 atom stereocenters. The molecular formula is C20H31NOS. The summed E-state index contributed by atoms with van der Waals surface area (Å²) in [5.74, 6) is 2.17. The van der Waals surface area contributed by atoms with Gasteiger partial charge in [0.1, 0.15) is 5.37 Å². The topological polar surface area (TPSA) is 20.3 Å². The minimum atomic E-state index is 0.200. The molecule has 2 rings (SSSR count). The van der Waals surface area contributed by atoms with Crippen LogP contribution < -0.4 is 0 Å². The lowest BCUT2D eigenvalue weighted by atomic mass is 9.97. The summed E-state index contributed by atoms with van der Waals surface area (Å²) >= 11 is 1.90. The molecule has 0 N–H and O–H groups in total. The van der Waals surface area contributed by atoms with Gasteiger partial charge in [-0.3, -0.25) is 4.79 Å². The van der Waals surface area contributed by atoms with Gasteiger partial charge in [0, 0.05) is 18.2 Å². The van der Waals surface area contributed by atoms with E-state index in [2.05, 4.69) is 56.9 Å². The number of hydrogen-bond donors (Lipinski definition) is 0. The van der Waals surface area contributed by atoms with Crippen LogP contribution in [0.4, 0.5) is 0 Å².